The maximum absolute atomic E-state index is 13.0. The van der Waals surface area contributed by atoms with Gasteiger partial charge < -0.3 is 24.9 Å². The van der Waals surface area contributed by atoms with Gasteiger partial charge in [-0.3, -0.25) is 4.90 Å². The molecule has 0 unspecified atom stereocenters. The summed E-state index contributed by atoms with van der Waals surface area (Å²) in [6.07, 6.45) is -4.21. The van der Waals surface area contributed by atoms with Crippen molar-refractivity contribution in [3.05, 3.63) is 29.5 Å². The van der Waals surface area contributed by atoms with Gasteiger partial charge in [0.05, 0.1) is 0 Å². The lowest BCUT2D eigenvalue weighted by Crippen LogP contribution is -2.70. The average Bonchev–Trinajstić information content (AvgIpc) is 3.00. The van der Waals surface area contributed by atoms with Crippen molar-refractivity contribution in [3.8, 4) is 5.75 Å². The number of aliphatic hydroxyl groups is 1. The smallest absolute Gasteiger partial charge is 0.437 e. The van der Waals surface area contributed by atoms with Crippen LogP contribution in [0.15, 0.2) is 18.2 Å². The van der Waals surface area contributed by atoms with E-state index in [1.54, 1.807) is 6.92 Å². The van der Waals surface area contributed by atoms with Crippen molar-refractivity contribution < 1.29 is 32.5 Å². The van der Waals surface area contributed by atoms with Crippen molar-refractivity contribution in [1.29, 1.82) is 0 Å². The summed E-state index contributed by atoms with van der Waals surface area (Å²) in [7, 11) is 0. The summed E-state index contributed by atoms with van der Waals surface area (Å²) in [6.45, 7) is 11.6. The average molecular weight is 484 g/mol. The number of carbonyl (C=O) groups is 1. The van der Waals surface area contributed by atoms with Gasteiger partial charge in [-0.25, -0.2) is 4.79 Å². The molecule has 0 radical (unpaired) electrons. The van der Waals surface area contributed by atoms with E-state index in [9.17, 15) is 23.1 Å². The number of amides is 1. The third-order valence-electron chi connectivity index (χ3n) is 6.93. The molecule has 2 aromatic rings. The van der Waals surface area contributed by atoms with Crippen LogP contribution in [0.25, 0.3) is 10.9 Å². The monoisotopic (exact) mass is 483 g/mol. The molecule has 4 rings (SSSR count). The molecule has 7 nitrogen and oxygen atoms in total. The van der Waals surface area contributed by atoms with Crippen molar-refractivity contribution in [2.75, 3.05) is 6.54 Å². The maximum atomic E-state index is 13.0. The summed E-state index contributed by atoms with van der Waals surface area (Å²) in [6, 6.07) is 4.12. The Kier molecular flexibility index (Phi) is 5.45. The number of nitrogens with zero attached hydrogens (tertiary/aromatic N) is 1. The van der Waals surface area contributed by atoms with Crippen LogP contribution >= 0.6 is 0 Å². The van der Waals surface area contributed by atoms with Crippen LogP contribution in [0, 0.1) is 6.92 Å². The molecule has 0 bridgehead atoms. The van der Waals surface area contributed by atoms with Gasteiger partial charge in [-0.2, -0.15) is 0 Å². The highest BCUT2D eigenvalue weighted by atomic mass is 19.4. The lowest BCUT2D eigenvalue weighted by Gasteiger charge is -2.54. The van der Waals surface area contributed by atoms with E-state index >= 15 is 0 Å². The summed E-state index contributed by atoms with van der Waals surface area (Å²) < 4.78 is 48.0. The lowest BCUT2D eigenvalue weighted by atomic mass is 9.68. The van der Waals surface area contributed by atoms with Crippen molar-refractivity contribution in [1.82, 2.24) is 15.2 Å². The second-order valence-electron chi connectivity index (χ2n) is 11.0. The number of fused-ring (bicyclic) bond motifs is 1. The van der Waals surface area contributed by atoms with Crippen molar-refractivity contribution in [3.63, 3.8) is 0 Å². The molecule has 2 aliphatic heterocycles. The number of hydrogen-bond acceptors (Lipinski definition) is 5. The van der Waals surface area contributed by atoms with Crippen LogP contribution in [-0.2, 0) is 11.2 Å². The summed E-state index contributed by atoms with van der Waals surface area (Å²) >= 11 is 0. The minimum atomic E-state index is -4.79. The zero-order valence-corrected chi connectivity index (χ0v) is 20.3. The molecule has 3 heterocycles. The second kappa shape index (κ2) is 7.52. The van der Waals surface area contributed by atoms with Crippen LogP contribution in [0.3, 0.4) is 0 Å². The van der Waals surface area contributed by atoms with Crippen LogP contribution < -0.4 is 10.1 Å². The molecule has 0 saturated carbocycles. The minimum Gasteiger partial charge on any atom is -0.437 e. The molecular weight excluding hydrogens is 451 g/mol. The number of piperidine rings is 1. The summed E-state index contributed by atoms with van der Waals surface area (Å²) in [5.74, 6) is -0.314. The van der Waals surface area contributed by atoms with Crippen molar-refractivity contribution >= 4 is 17.0 Å². The third kappa shape index (κ3) is 4.33. The Hall–Kier alpha value is -2.46. The highest BCUT2D eigenvalue weighted by molar-refractivity contribution is 5.86. The Morgan fingerprint density at radius 2 is 1.76 bits per heavy atom. The van der Waals surface area contributed by atoms with Crippen LogP contribution in [-0.4, -0.2) is 56.4 Å². The molecule has 188 valence electrons. The second-order valence-corrected chi connectivity index (χ2v) is 11.0. The number of rotatable bonds is 4. The van der Waals surface area contributed by atoms with Gasteiger partial charge in [0.1, 0.15) is 5.75 Å². The highest BCUT2D eigenvalue weighted by Crippen LogP contribution is 2.50. The topological polar surface area (TPSA) is 86.8 Å². The van der Waals surface area contributed by atoms with Gasteiger partial charge in [0, 0.05) is 47.1 Å². The summed E-state index contributed by atoms with van der Waals surface area (Å²) in [5.41, 5.74) is -1.22. The molecule has 3 N–H and O–H groups in total. The quantitative estimate of drug-likeness (QED) is 0.584. The van der Waals surface area contributed by atoms with Crippen LogP contribution in [0.4, 0.5) is 18.0 Å². The lowest BCUT2D eigenvalue weighted by molar-refractivity contribution is -0.274. The van der Waals surface area contributed by atoms with E-state index in [0.29, 0.717) is 30.2 Å². The molecule has 2 saturated heterocycles. The minimum absolute atomic E-state index is 0.139. The molecule has 1 amide bonds. The predicted molar refractivity (Wildman–Crippen MR) is 120 cm³/mol. The van der Waals surface area contributed by atoms with Gasteiger partial charge in [-0.15, -0.1) is 13.2 Å². The molecule has 10 heteroatoms. The van der Waals surface area contributed by atoms with E-state index in [0.717, 1.165) is 11.3 Å². The molecule has 2 aliphatic rings. The Bertz CT molecular complexity index is 1100. The molecule has 34 heavy (non-hydrogen) atoms. The molecule has 0 aliphatic carbocycles. The first-order valence-corrected chi connectivity index (χ1v) is 11.3. The normalized spacial score (nSPS) is 25.7. The summed E-state index contributed by atoms with van der Waals surface area (Å²) in [4.78, 5) is 17.5. The van der Waals surface area contributed by atoms with E-state index in [1.807, 2.05) is 34.6 Å². The number of nitrogens with one attached hydrogen (secondary N) is 2. The standard InChI is InChI=1S/C24H32F3N3O4/c1-14-16(17-11-15(33-24(25,26)27)7-8-18(17)28-14)9-10-30-19(31)34-23(22(30,6)32)12-20(2,3)29-21(4,5)13-23/h7-8,11,28-29,32H,9-10,12-13H2,1-6H3/t22-/m1/s1. The van der Waals surface area contributed by atoms with Crippen molar-refractivity contribution in [2.45, 2.75) is 89.6 Å². The number of halogens is 3. The first-order chi connectivity index (χ1) is 15.4. The van der Waals surface area contributed by atoms with Gasteiger partial charge in [-0.05, 0) is 71.7 Å². The van der Waals surface area contributed by atoms with Crippen LogP contribution in [0.2, 0.25) is 0 Å². The molecule has 1 aromatic heterocycles. The number of aromatic nitrogens is 1. The van der Waals surface area contributed by atoms with Gasteiger partial charge in [0.2, 0.25) is 0 Å². The van der Waals surface area contributed by atoms with E-state index in [2.05, 4.69) is 15.0 Å². The third-order valence-corrected chi connectivity index (χ3v) is 6.93. The number of alkyl halides is 3. The molecule has 1 atom stereocenters. The molecular formula is C24H32F3N3O4. The van der Waals surface area contributed by atoms with E-state index in [4.69, 9.17) is 4.74 Å². The number of hydrogen-bond donors (Lipinski definition) is 3. The van der Waals surface area contributed by atoms with Gasteiger partial charge in [-0.1, -0.05) is 0 Å². The molecule has 1 aromatic carbocycles. The summed E-state index contributed by atoms with van der Waals surface area (Å²) in [5, 5.41) is 15.8. The van der Waals surface area contributed by atoms with Gasteiger partial charge in [0.15, 0.2) is 11.3 Å². The maximum Gasteiger partial charge on any atom is 0.573 e. The fraction of sp³-hybridized carbons (Fsp3) is 0.625. The van der Waals surface area contributed by atoms with E-state index < -0.39 is 23.8 Å². The Balaban J connectivity index is 1.61. The Morgan fingerprint density at radius 1 is 1.15 bits per heavy atom. The zero-order valence-electron chi connectivity index (χ0n) is 20.3. The Morgan fingerprint density at radius 3 is 2.35 bits per heavy atom. The van der Waals surface area contributed by atoms with Gasteiger partial charge >= 0.3 is 12.5 Å². The highest BCUT2D eigenvalue weighted by Gasteiger charge is 2.66. The number of ether oxygens (including phenoxy) is 2. The van der Waals surface area contributed by atoms with E-state index in [1.165, 1.54) is 23.1 Å². The van der Waals surface area contributed by atoms with E-state index in [-0.39, 0.29) is 23.4 Å². The van der Waals surface area contributed by atoms with Crippen LogP contribution in [0.1, 0.15) is 58.7 Å². The number of benzene rings is 1. The zero-order chi connectivity index (χ0) is 25.3. The number of carbonyl (C=O) groups excluding carboxylic acids is 1. The fourth-order valence-electron chi connectivity index (χ4n) is 6.06. The number of H-pyrrole nitrogens is 1. The first-order valence-electron chi connectivity index (χ1n) is 11.3. The van der Waals surface area contributed by atoms with Gasteiger partial charge in [0.25, 0.3) is 0 Å². The number of aryl methyl sites for hydroxylation is 1. The largest absolute Gasteiger partial charge is 0.573 e. The molecule has 1 spiro atoms. The SMILES string of the molecule is Cc1[nH]c2ccc(OC(F)(F)F)cc2c1CCN1C(=O)OC2(CC(C)(C)NC(C)(C)C2)[C@@]1(C)O. The fourth-order valence-corrected chi connectivity index (χ4v) is 6.06. The van der Waals surface area contributed by atoms with Crippen LogP contribution in [0.5, 0.6) is 5.75 Å². The number of aromatic amines is 1. The molecule has 2 fully saturated rings. The van der Waals surface area contributed by atoms with Crippen molar-refractivity contribution in [2.24, 2.45) is 0 Å². The predicted octanol–water partition coefficient (Wildman–Crippen LogP) is 4.76. The first kappa shape index (κ1) is 24.7. The Labute approximate surface area is 196 Å².